The predicted molar refractivity (Wildman–Crippen MR) is 114 cm³/mol. The number of hydrogen-bond acceptors (Lipinski definition) is 7. The van der Waals surface area contributed by atoms with Crippen molar-refractivity contribution in [2.24, 2.45) is 0 Å². The number of hydrogen-bond donors (Lipinski definition) is 2. The molecule has 7 nitrogen and oxygen atoms in total. The molecule has 1 atom stereocenters. The molecule has 0 aliphatic carbocycles. The van der Waals surface area contributed by atoms with E-state index in [4.69, 9.17) is 14.5 Å². The van der Waals surface area contributed by atoms with Gasteiger partial charge in [-0.3, -0.25) is 4.90 Å². The number of nitrogens with one attached hydrogen (secondary N) is 2. The number of methoxy groups -OCH3 is 1. The molecule has 7 heteroatoms. The van der Waals surface area contributed by atoms with E-state index in [9.17, 15) is 0 Å². The fourth-order valence-electron chi connectivity index (χ4n) is 3.89. The van der Waals surface area contributed by atoms with Crippen LogP contribution in [0.15, 0.2) is 29.8 Å². The first-order valence-electron chi connectivity index (χ1n) is 10.1. The second-order valence-electron chi connectivity index (χ2n) is 7.67. The first-order chi connectivity index (χ1) is 14.1. The van der Waals surface area contributed by atoms with Gasteiger partial charge >= 0.3 is 0 Å². The summed E-state index contributed by atoms with van der Waals surface area (Å²) >= 11 is 0. The maximum absolute atomic E-state index is 5.92. The van der Waals surface area contributed by atoms with Crippen molar-refractivity contribution in [1.29, 1.82) is 0 Å². The van der Waals surface area contributed by atoms with Crippen LogP contribution < -0.4 is 20.1 Å². The maximum Gasteiger partial charge on any atom is 0.147 e. The van der Waals surface area contributed by atoms with E-state index < -0.39 is 0 Å². The monoisotopic (exact) mass is 395 g/mol. The molecule has 0 spiro atoms. The van der Waals surface area contributed by atoms with E-state index in [1.165, 1.54) is 12.0 Å². The Balaban J connectivity index is 1.46. The van der Waals surface area contributed by atoms with Crippen molar-refractivity contribution in [2.75, 3.05) is 46.2 Å². The van der Waals surface area contributed by atoms with E-state index in [2.05, 4.69) is 33.6 Å². The highest BCUT2D eigenvalue weighted by molar-refractivity contribution is 5.64. The zero-order valence-electron chi connectivity index (χ0n) is 17.4. The molecule has 2 N–H and O–H groups in total. The Morgan fingerprint density at radius 1 is 1.28 bits per heavy atom. The van der Waals surface area contributed by atoms with Gasteiger partial charge in [-0.25, -0.2) is 9.97 Å². The second-order valence-corrected chi connectivity index (χ2v) is 7.67. The molecule has 29 heavy (non-hydrogen) atoms. The normalized spacial score (nSPS) is 18.2. The zero-order chi connectivity index (χ0) is 20.2. The minimum Gasteiger partial charge on any atom is -0.497 e. The van der Waals surface area contributed by atoms with Crippen molar-refractivity contribution in [1.82, 2.24) is 20.2 Å². The lowest BCUT2D eigenvalue weighted by Crippen LogP contribution is -2.25. The number of ether oxygens (including phenoxy) is 2. The Morgan fingerprint density at radius 3 is 2.93 bits per heavy atom. The number of aromatic nitrogens is 2. The molecule has 2 aliphatic heterocycles. The van der Waals surface area contributed by atoms with Gasteiger partial charge < -0.3 is 20.1 Å². The summed E-state index contributed by atoms with van der Waals surface area (Å²) in [6.45, 7) is 3.20. The summed E-state index contributed by atoms with van der Waals surface area (Å²) in [5.74, 6) is 3.50. The molecule has 2 aromatic rings. The number of benzene rings is 1. The third-order valence-electron chi connectivity index (χ3n) is 5.32. The highest BCUT2D eigenvalue weighted by atomic mass is 16.5. The summed E-state index contributed by atoms with van der Waals surface area (Å²) in [5, 5.41) is 6.65. The molecule has 3 heterocycles. The smallest absolute Gasteiger partial charge is 0.147 e. The van der Waals surface area contributed by atoms with E-state index in [-0.39, 0.29) is 6.04 Å². The fourth-order valence-corrected chi connectivity index (χ4v) is 3.89. The maximum atomic E-state index is 5.92. The third kappa shape index (κ3) is 4.68. The van der Waals surface area contributed by atoms with Crippen molar-refractivity contribution in [3.8, 4) is 11.5 Å². The molecule has 1 aromatic carbocycles. The predicted octanol–water partition coefficient (Wildman–Crippen LogP) is 2.86. The van der Waals surface area contributed by atoms with Gasteiger partial charge in [-0.05, 0) is 56.3 Å². The molecular formula is C22H29N5O2. The standard InChI is InChI=1S/C22H29N5O2/c1-23-21-11-17(25-22(26-21)19-5-4-8-24-19)13-27(2)12-15-9-16-10-18(28-3)6-7-20(16)29-14-15/h6-7,9-11,19,24H,4-5,8,12-14H2,1-3H3,(H,23,25,26). The summed E-state index contributed by atoms with van der Waals surface area (Å²) in [7, 11) is 5.69. The Hall–Kier alpha value is -2.64. The SMILES string of the molecule is CNc1cc(CN(C)CC2=Cc3cc(OC)ccc3OC2)nc(C2CCCN2)n1. The summed E-state index contributed by atoms with van der Waals surface area (Å²) < 4.78 is 11.2. The van der Waals surface area contributed by atoms with Crippen molar-refractivity contribution in [2.45, 2.75) is 25.4 Å². The summed E-state index contributed by atoms with van der Waals surface area (Å²) in [4.78, 5) is 11.7. The van der Waals surface area contributed by atoms with Crippen molar-refractivity contribution in [3.63, 3.8) is 0 Å². The van der Waals surface area contributed by atoms with Crippen LogP contribution in [0.2, 0.25) is 0 Å². The minimum absolute atomic E-state index is 0.258. The lowest BCUT2D eigenvalue weighted by atomic mass is 10.1. The van der Waals surface area contributed by atoms with E-state index in [1.54, 1.807) is 7.11 Å². The largest absolute Gasteiger partial charge is 0.497 e. The van der Waals surface area contributed by atoms with Crippen molar-refractivity contribution in [3.05, 3.63) is 46.9 Å². The van der Waals surface area contributed by atoms with E-state index in [1.807, 2.05) is 31.3 Å². The Kier molecular flexibility index (Phi) is 5.97. The topological polar surface area (TPSA) is 71.5 Å². The first-order valence-corrected chi connectivity index (χ1v) is 10.1. The Bertz CT molecular complexity index is 893. The van der Waals surface area contributed by atoms with Gasteiger partial charge in [0.25, 0.3) is 0 Å². The van der Waals surface area contributed by atoms with E-state index >= 15 is 0 Å². The fraction of sp³-hybridized carbons (Fsp3) is 0.455. The molecule has 1 unspecified atom stereocenters. The Morgan fingerprint density at radius 2 is 2.17 bits per heavy atom. The van der Waals surface area contributed by atoms with Crippen LogP contribution in [0.5, 0.6) is 11.5 Å². The molecule has 1 saturated heterocycles. The van der Waals surface area contributed by atoms with Crippen LogP contribution in [-0.4, -0.2) is 55.8 Å². The molecule has 0 saturated carbocycles. The minimum atomic E-state index is 0.258. The van der Waals surface area contributed by atoms with Crippen molar-refractivity contribution < 1.29 is 9.47 Å². The lowest BCUT2D eigenvalue weighted by molar-refractivity contribution is 0.302. The highest BCUT2D eigenvalue weighted by Gasteiger charge is 2.21. The molecule has 0 amide bonds. The van der Waals surface area contributed by atoms with Gasteiger partial charge in [0.15, 0.2) is 0 Å². The number of likely N-dealkylation sites (N-methyl/N-ethyl adjacent to an activating group) is 1. The van der Waals surface area contributed by atoms with Gasteiger partial charge in [0, 0.05) is 31.8 Å². The molecule has 0 bridgehead atoms. The molecule has 1 fully saturated rings. The van der Waals surface area contributed by atoms with Crippen LogP contribution in [-0.2, 0) is 6.54 Å². The van der Waals surface area contributed by atoms with Crippen LogP contribution in [0.25, 0.3) is 6.08 Å². The average Bonchev–Trinajstić information content (AvgIpc) is 3.27. The third-order valence-corrected chi connectivity index (χ3v) is 5.32. The summed E-state index contributed by atoms with van der Waals surface area (Å²) in [6.07, 6.45) is 4.47. The number of nitrogens with zero attached hydrogens (tertiary/aromatic N) is 3. The van der Waals surface area contributed by atoms with Crippen LogP contribution in [0, 0.1) is 0 Å². The first kappa shape index (κ1) is 19.7. The van der Waals surface area contributed by atoms with Crippen LogP contribution >= 0.6 is 0 Å². The van der Waals surface area contributed by atoms with E-state index in [0.717, 1.165) is 60.5 Å². The number of rotatable bonds is 7. The quantitative estimate of drug-likeness (QED) is 0.747. The van der Waals surface area contributed by atoms with Gasteiger partial charge in [0.1, 0.15) is 29.7 Å². The number of fused-ring (bicyclic) bond motifs is 1. The van der Waals surface area contributed by atoms with Gasteiger partial charge in [-0.15, -0.1) is 0 Å². The van der Waals surface area contributed by atoms with Crippen LogP contribution in [0.1, 0.15) is 36.0 Å². The van der Waals surface area contributed by atoms with Crippen molar-refractivity contribution >= 4 is 11.9 Å². The number of anilines is 1. The summed E-state index contributed by atoms with van der Waals surface area (Å²) in [5.41, 5.74) is 3.32. The molecule has 2 aliphatic rings. The molecule has 154 valence electrons. The van der Waals surface area contributed by atoms with Crippen LogP contribution in [0.3, 0.4) is 0 Å². The van der Waals surface area contributed by atoms with Gasteiger partial charge in [-0.2, -0.15) is 0 Å². The summed E-state index contributed by atoms with van der Waals surface area (Å²) in [6, 6.07) is 8.19. The van der Waals surface area contributed by atoms with Gasteiger partial charge in [0.2, 0.25) is 0 Å². The molecule has 0 radical (unpaired) electrons. The Labute approximate surface area is 172 Å². The molecular weight excluding hydrogens is 366 g/mol. The van der Waals surface area contributed by atoms with Crippen LogP contribution in [0.4, 0.5) is 5.82 Å². The van der Waals surface area contributed by atoms with E-state index in [0.29, 0.717) is 6.61 Å². The molecule has 4 rings (SSSR count). The zero-order valence-corrected chi connectivity index (χ0v) is 17.4. The van der Waals surface area contributed by atoms with Gasteiger partial charge in [-0.1, -0.05) is 0 Å². The average molecular weight is 396 g/mol. The molecule has 1 aromatic heterocycles. The highest BCUT2D eigenvalue weighted by Crippen LogP contribution is 2.30. The van der Waals surface area contributed by atoms with Gasteiger partial charge in [0.05, 0.1) is 18.8 Å². The lowest BCUT2D eigenvalue weighted by Gasteiger charge is -2.23. The second kappa shape index (κ2) is 8.80.